The van der Waals surface area contributed by atoms with Crippen LogP contribution in [0.25, 0.3) is 0 Å². The highest BCUT2D eigenvalue weighted by atomic mass is 32.2. The summed E-state index contributed by atoms with van der Waals surface area (Å²) in [6.45, 7) is 6.05. The van der Waals surface area contributed by atoms with Crippen LogP contribution in [0.15, 0.2) is 23.2 Å². The van der Waals surface area contributed by atoms with Crippen LogP contribution >= 0.6 is 11.8 Å². The average Bonchev–Trinajstić information content (AvgIpc) is 2.30. The number of amidine groups is 1. The number of anilines is 1. The van der Waals surface area contributed by atoms with Crippen LogP contribution in [0, 0.1) is 18.7 Å². The maximum Gasteiger partial charge on any atom is 0.161 e. The van der Waals surface area contributed by atoms with Crippen LogP contribution in [-0.2, 0) is 0 Å². The second-order valence-electron chi connectivity index (χ2n) is 4.52. The number of thioether (sulfide) groups is 1. The topological polar surface area (TPSA) is 24.4 Å². The second kappa shape index (κ2) is 5.08. The fourth-order valence-corrected chi connectivity index (χ4v) is 2.75. The molecule has 1 aromatic carbocycles. The summed E-state index contributed by atoms with van der Waals surface area (Å²) in [5.74, 6) is 1.41. The highest BCUT2D eigenvalue weighted by Crippen LogP contribution is 2.25. The molecule has 1 aliphatic heterocycles. The molecule has 1 aliphatic rings. The number of benzene rings is 1. The summed E-state index contributed by atoms with van der Waals surface area (Å²) in [6.07, 6.45) is 0. The fourth-order valence-electron chi connectivity index (χ4n) is 1.63. The number of aliphatic imine (C=N–C) groups is 1. The Labute approximate surface area is 106 Å². The third kappa shape index (κ3) is 2.80. The molecule has 17 heavy (non-hydrogen) atoms. The van der Waals surface area contributed by atoms with Crippen molar-refractivity contribution in [1.82, 2.24) is 0 Å². The van der Waals surface area contributed by atoms with Gasteiger partial charge in [-0.15, -0.1) is 0 Å². The molecule has 0 amide bonds. The van der Waals surface area contributed by atoms with Crippen molar-refractivity contribution in [2.45, 2.75) is 26.8 Å². The minimum Gasteiger partial charge on any atom is -0.333 e. The molecular formula is C13H17FN2S. The van der Waals surface area contributed by atoms with E-state index in [0.717, 1.165) is 10.9 Å². The number of nitrogens with zero attached hydrogens (tertiary/aromatic N) is 1. The molecule has 4 heteroatoms. The Morgan fingerprint density at radius 1 is 1.41 bits per heavy atom. The molecule has 1 heterocycles. The average molecular weight is 252 g/mol. The number of nitrogens with one attached hydrogen (secondary N) is 1. The SMILES string of the molecule is Cc1cccc(NC2=NC(C)C(C)CS2)c1F. The zero-order chi connectivity index (χ0) is 12.4. The summed E-state index contributed by atoms with van der Waals surface area (Å²) in [6, 6.07) is 5.65. The van der Waals surface area contributed by atoms with Crippen LogP contribution in [0.3, 0.4) is 0 Å². The Hall–Kier alpha value is -1.03. The number of hydrogen-bond donors (Lipinski definition) is 1. The quantitative estimate of drug-likeness (QED) is 0.824. The first-order valence-corrected chi connectivity index (χ1v) is 6.79. The molecule has 1 aromatic rings. The van der Waals surface area contributed by atoms with E-state index in [1.165, 1.54) is 0 Å². The van der Waals surface area contributed by atoms with Gasteiger partial charge >= 0.3 is 0 Å². The Bertz CT molecular complexity index is 445. The molecule has 2 rings (SSSR count). The van der Waals surface area contributed by atoms with Gasteiger partial charge in [-0.05, 0) is 31.4 Å². The first-order chi connectivity index (χ1) is 8.08. The van der Waals surface area contributed by atoms with Crippen molar-refractivity contribution >= 4 is 22.6 Å². The van der Waals surface area contributed by atoms with Crippen molar-refractivity contribution in [2.75, 3.05) is 11.1 Å². The van der Waals surface area contributed by atoms with E-state index < -0.39 is 0 Å². The van der Waals surface area contributed by atoms with Gasteiger partial charge in [0.1, 0.15) is 5.82 Å². The van der Waals surface area contributed by atoms with Gasteiger partial charge in [0.05, 0.1) is 11.7 Å². The Kier molecular flexibility index (Phi) is 3.72. The van der Waals surface area contributed by atoms with Gasteiger partial charge in [-0.25, -0.2) is 4.39 Å². The maximum atomic E-state index is 13.8. The van der Waals surface area contributed by atoms with Gasteiger partial charge in [-0.2, -0.15) is 0 Å². The number of halogens is 1. The van der Waals surface area contributed by atoms with Crippen molar-refractivity contribution in [1.29, 1.82) is 0 Å². The number of hydrogen-bond acceptors (Lipinski definition) is 3. The molecular weight excluding hydrogens is 235 g/mol. The smallest absolute Gasteiger partial charge is 0.161 e. The monoisotopic (exact) mass is 252 g/mol. The van der Waals surface area contributed by atoms with E-state index in [0.29, 0.717) is 23.2 Å². The number of aryl methyl sites for hydroxylation is 1. The molecule has 0 saturated carbocycles. The third-order valence-electron chi connectivity index (χ3n) is 3.06. The van der Waals surface area contributed by atoms with E-state index in [1.54, 1.807) is 30.8 Å². The van der Waals surface area contributed by atoms with Crippen LogP contribution in [0.2, 0.25) is 0 Å². The maximum absolute atomic E-state index is 13.8. The third-order valence-corrected chi connectivity index (χ3v) is 4.23. The minimum absolute atomic E-state index is 0.193. The predicted molar refractivity (Wildman–Crippen MR) is 73.3 cm³/mol. The van der Waals surface area contributed by atoms with Gasteiger partial charge in [-0.1, -0.05) is 30.8 Å². The fraction of sp³-hybridized carbons (Fsp3) is 0.462. The van der Waals surface area contributed by atoms with E-state index in [1.807, 2.05) is 6.07 Å². The zero-order valence-corrected chi connectivity index (χ0v) is 11.1. The first kappa shape index (κ1) is 12.4. The Morgan fingerprint density at radius 2 is 2.18 bits per heavy atom. The van der Waals surface area contributed by atoms with Gasteiger partial charge in [0, 0.05) is 5.75 Å². The van der Waals surface area contributed by atoms with Gasteiger partial charge < -0.3 is 5.32 Å². The lowest BCUT2D eigenvalue weighted by molar-refractivity contribution is 0.537. The summed E-state index contributed by atoms with van der Waals surface area (Å²) in [4.78, 5) is 4.53. The van der Waals surface area contributed by atoms with Crippen molar-refractivity contribution in [3.63, 3.8) is 0 Å². The highest BCUT2D eigenvalue weighted by molar-refractivity contribution is 8.14. The summed E-state index contributed by atoms with van der Waals surface area (Å²) >= 11 is 1.66. The van der Waals surface area contributed by atoms with E-state index in [9.17, 15) is 4.39 Å². The van der Waals surface area contributed by atoms with Gasteiger partial charge in [-0.3, -0.25) is 4.99 Å². The Balaban J connectivity index is 2.16. The first-order valence-electron chi connectivity index (χ1n) is 5.80. The van der Waals surface area contributed by atoms with E-state index in [4.69, 9.17) is 0 Å². The van der Waals surface area contributed by atoms with E-state index in [2.05, 4.69) is 24.2 Å². The molecule has 92 valence electrons. The molecule has 0 aliphatic carbocycles. The van der Waals surface area contributed by atoms with Crippen molar-refractivity contribution in [2.24, 2.45) is 10.9 Å². The van der Waals surface area contributed by atoms with Crippen LogP contribution in [-0.4, -0.2) is 17.0 Å². The normalized spacial score (nSPS) is 24.4. The minimum atomic E-state index is -0.193. The highest BCUT2D eigenvalue weighted by Gasteiger charge is 2.19. The van der Waals surface area contributed by atoms with Crippen LogP contribution < -0.4 is 5.32 Å². The summed E-state index contributed by atoms with van der Waals surface area (Å²) in [5.41, 5.74) is 1.16. The van der Waals surface area contributed by atoms with Crippen molar-refractivity contribution in [3.8, 4) is 0 Å². The summed E-state index contributed by atoms with van der Waals surface area (Å²) < 4.78 is 13.8. The predicted octanol–water partition coefficient (Wildman–Crippen LogP) is 3.67. The molecule has 2 atom stereocenters. The van der Waals surface area contributed by atoms with Gasteiger partial charge in [0.2, 0.25) is 0 Å². The van der Waals surface area contributed by atoms with Crippen molar-refractivity contribution in [3.05, 3.63) is 29.6 Å². The van der Waals surface area contributed by atoms with Crippen LogP contribution in [0.1, 0.15) is 19.4 Å². The standard InChI is InChI=1S/C13H17FN2S/c1-8-5-4-6-11(12(8)14)16-13-15-10(3)9(2)7-17-13/h4-6,9-10H,7H2,1-3H3,(H,15,16). The number of rotatable bonds is 1. The molecule has 0 spiro atoms. The van der Waals surface area contributed by atoms with Gasteiger partial charge in [0.25, 0.3) is 0 Å². The lowest BCUT2D eigenvalue weighted by Crippen LogP contribution is -2.25. The second-order valence-corrected chi connectivity index (χ2v) is 5.53. The largest absolute Gasteiger partial charge is 0.333 e. The van der Waals surface area contributed by atoms with E-state index >= 15 is 0 Å². The summed E-state index contributed by atoms with van der Waals surface area (Å²) in [5, 5.41) is 3.90. The van der Waals surface area contributed by atoms with Crippen LogP contribution in [0.4, 0.5) is 10.1 Å². The van der Waals surface area contributed by atoms with Crippen LogP contribution in [0.5, 0.6) is 0 Å². The molecule has 2 nitrogen and oxygen atoms in total. The molecule has 1 N–H and O–H groups in total. The lowest BCUT2D eigenvalue weighted by Gasteiger charge is -2.23. The summed E-state index contributed by atoms with van der Waals surface area (Å²) in [7, 11) is 0. The molecule has 0 radical (unpaired) electrons. The molecule has 0 fully saturated rings. The van der Waals surface area contributed by atoms with Gasteiger partial charge in [0.15, 0.2) is 5.17 Å². The van der Waals surface area contributed by atoms with Crippen molar-refractivity contribution < 1.29 is 4.39 Å². The molecule has 2 unspecified atom stereocenters. The molecule has 0 saturated heterocycles. The molecule has 0 bridgehead atoms. The lowest BCUT2D eigenvalue weighted by atomic mass is 10.1. The Morgan fingerprint density at radius 3 is 2.88 bits per heavy atom. The van der Waals surface area contributed by atoms with E-state index in [-0.39, 0.29) is 5.82 Å². The zero-order valence-electron chi connectivity index (χ0n) is 10.3. The molecule has 0 aromatic heterocycles.